The van der Waals surface area contributed by atoms with Gasteiger partial charge in [0.05, 0.1) is 13.0 Å². The summed E-state index contributed by atoms with van der Waals surface area (Å²) in [5.74, 6) is -0.255. The van der Waals surface area contributed by atoms with Gasteiger partial charge in [-0.05, 0) is 31.0 Å². The maximum atomic E-state index is 13.3. The van der Waals surface area contributed by atoms with Crippen LogP contribution >= 0.6 is 11.6 Å². The van der Waals surface area contributed by atoms with Crippen LogP contribution in [0.2, 0.25) is 5.02 Å². The van der Waals surface area contributed by atoms with Gasteiger partial charge in [-0.3, -0.25) is 14.4 Å². The standard InChI is InChI=1S/C21H29ClN4O4/c1-5-11-24(3)21(29)19-20(25(4)14-27)23-17(12-18(28)30-6-2)26(19)13-15-7-9-16(22)10-8-15/h7-10,14,17,23H,5-6,11-13H2,1-4H3. The molecule has 0 saturated carbocycles. The molecular weight excluding hydrogens is 408 g/mol. The van der Waals surface area contributed by atoms with E-state index < -0.39 is 6.17 Å². The van der Waals surface area contributed by atoms with Gasteiger partial charge in [0.25, 0.3) is 5.91 Å². The highest BCUT2D eigenvalue weighted by molar-refractivity contribution is 6.30. The van der Waals surface area contributed by atoms with Gasteiger partial charge in [0.2, 0.25) is 6.41 Å². The van der Waals surface area contributed by atoms with E-state index in [1.165, 1.54) is 4.90 Å². The van der Waals surface area contributed by atoms with E-state index in [0.29, 0.717) is 36.0 Å². The van der Waals surface area contributed by atoms with Crippen molar-refractivity contribution < 1.29 is 19.1 Å². The van der Waals surface area contributed by atoms with Crippen LogP contribution in [-0.4, -0.2) is 66.4 Å². The molecule has 0 radical (unpaired) electrons. The first-order chi connectivity index (χ1) is 14.3. The number of ether oxygens (including phenoxy) is 1. The summed E-state index contributed by atoms with van der Waals surface area (Å²) < 4.78 is 5.10. The maximum absolute atomic E-state index is 13.3. The quantitative estimate of drug-likeness (QED) is 0.447. The van der Waals surface area contributed by atoms with Crippen molar-refractivity contribution in [1.29, 1.82) is 0 Å². The second-order valence-electron chi connectivity index (χ2n) is 7.06. The Labute approximate surface area is 182 Å². The van der Waals surface area contributed by atoms with Crippen LogP contribution in [0.3, 0.4) is 0 Å². The molecule has 164 valence electrons. The molecule has 30 heavy (non-hydrogen) atoms. The number of benzene rings is 1. The van der Waals surface area contributed by atoms with Gasteiger partial charge >= 0.3 is 5.97 Å². The molecule has 1 aliphatic rings. The van der Waals surface area contributed by atoms with Crippen LogP contribution < -0.4 is 5.32 Å². The maximum Gasteiger partial charge on any atom is 0.309 e. The van der Waals surface area contributed by atoms with Crippen LogP contribution in [0.15, 0.2) is 35.8 Å². The van der Waals surface area contributed by atoms with Crippen molar-refractivity contribution in [2.24, 2.45) is 0 Å². The van der Waals surface area contributed by atoms with E-state index >= 15 is 0 Å². The van der Waals surface area contributed by atoms with Crippen molar-refractivity contribution >= 4 is 29.9 Å². The summed E-state index contributed by atoms with van der Waals surface area (Å²) in [6.45, 7) is 4.91. The number of halogens is 1. The van der Waals surface area contributed by atoms with Crippen molar-refractivity contribution in [3.05, 3.63) is 46.4 Å². The fourth-order valence-electron chi connectivity index (χ4n) is 3.27. The summed E-state index contributed by atoms with van der Waals surface area (Å²) in [5.41, 5.74) is 1.25. The minimum absolute atomic E-state index is 0.0197. The summed E-state index contributed by atoms with van der Waals surface area (Å²) >= 11 is 6.00. The molecule has 1 N–H and O–H groups in total. The minimum Gasteiger partial charge on any atom is -0.466 e. The lowest BCUT2D eigenvalue weighted by Crippen LogP contribution is -2.42. The van der Waals surface area contributed by atoms with Gasteiger partial charge < -0.3 is 24.8 Å². The fourth-order valence-corrected chi connectivity index (χ4v) is 3.40. The van der Waals surface area contributed by atoms with E-state index in [9.17, 15) is 14.4 Å². The largest absolute Gasteiger partial charge is 0.466 e. The van der Waals surface area contributed by atoms with E-state index in [2.05, 4.69) is 5.32 Å². The lowest BCUT2D eigenvalue weighted by molar-refractivity contribution is -0.144. The monoisotopic (exact) mass is 436 g/mol. The van der Waals surface area contributed by atoms with Crippen LogP contribution in [0, 0.1) is 0 Å². The third kappa shape index (κ3) is 5.66. The molecule has 2 amide bonds. The van der Waals surface area contributed by atoms with Crippen molar-refractivity contribution in [3.63, 3.8) is 0 Å². The number of likely N-dealkylation sites (N-methyl/N-ethyl adjacent to an activating group) is 1. The van der Waals surface area contributed by atoms with Crippen molar-refractivity contribution in [3.8, 4) is 0 Å². The predicted molar refractivity (Wildman–Crippen MR) is 114 cm³/mol. The van der Waals surface area contributed by atoms with Crippen LogP contribution in [0.5, 0.6) is 0 Å². The molecule has 0 aromatic heterocycles. The number of nitrogens with zero attached hydrogens (tertiary/aromatic N) is 3. The van der Waals surface area contributed by atoms with Gasteiger partial charge in [0.15, 0.2) is 0 Å². The topological polar surface area (TPSA) is 82.2 Å². The Morgan fingerprint density at radius 3 is 2.47 bits per heavy atom. The molecule has 8 nitrogen and oxygen atoms in total. The summed E-state index contributed by atoms with van der Waals surface area (Å²) in [7, 11) is 3.28. The zero-order valence-corrected chi connectivity index (χ0v) is 18.6. The van der Waals surface area contributed by atoms with Crippen LogP contribution in [0.1, 0.15) is 32.3 Å². The second-order valence-corrected chi connectivity index (χ2v) is 7.50. The molecule has 2 rings (SSSR count). The summed E-state index contributed by atoms with van der Waals surface area (Å²) in [4.78, 5) is 41.7. The van der Waals surface area contributed by atoms with Gasteiger partial charge in [-0.25, -0.2) is 0 Å². The Morgan fingerprint density at radius 1 is 1.23 bits per heavy atom. The van der Waals surface area contributed by atoms with Crippen LogP contribution in [-0.2, 0) is 25.7 Å². The zero-order chi connectivity index (χ0) is 22.3. The first-order valence-corrected chi connectivity index (χ1v) is 10.3. The number of hydrogen-bond acceptors (Lipinski definition) is 6. The van der Waals surface area contributed by atoms with Gasteiger partial charge in [-0.15, -0.1) is 0 Å². The number of hydrogen-bond donors (Lipinski definition) is 1. The first-order valence-electron chi connectivity index (χ1n) is 9.93. The molecule has 0 saturated heterocycles. The molecule has 1 aromatic carbocycles. The molecule has 0 bridgehead atoms. The SMILES string of the molecule is CCCN(C)C(=O)C1=C(N(C)C=O)NC(CC(=O)OCC)N1Cc1ccc(Cl)cc1. The Morgan fingerprint density at radius 2 is 1.90 bits per heavy atom. The van der Waals surface area contributed by atoms with E-state index in [-0.39, 0.29) is 24.9 Å². The molecule has 0 spiro atoms. The normalized spacial score (nSPS) is 15.6. The number of carbonyl (C=O) groups is 3. The lowest BCUT2D eigenvalue weighted by Gasteiger charge is -2.29. The molecule has 1 unspecified atom stereocenters. The third-order valence-electron chi connectivity index (χ3n) is 4.74. The zero-order valence-electron chi connectivity index (χ0n) is 17.9. The smallest absolute Gasteiger partial charge is 0.309 e. The molecular formula is C21H29ClN4O4. The molecule has 1 heterocycles. The highest BCUT2D eigenvalue weighted by Gasteiger charge is 2.39. The Kier molecular flexibility index (Phi) is 8.53. The number of nitrogens with one attached hydrogen (secondary N) is 1. The Bertz CT molecular complexity index is 797. The lowest BCUT2D eigenvalue weighted by atomic mass is 10.2. The molecule has 1 atom stereocenters. The highest BCUT2D eigenvalue weighted by Crippen LogP contribution is 2.28. The number of esters is 1. The van der Waals surface area contributed by atoms with E-state index in [4.69, 9.17) is 16.3 Å². The van der Waals surface area contributed by atoms with Crippen LogP contribution in [0.4, 0.5) is 0 Å². The average molecular weight is 437 g/mol. The first kappa shape index (κ1) is 23.5. The average Bonchev–Trinajstić information content (AvgIpc) is 3.06. The van der Waals surface area contributed by atoms with Crippen molar-refractivity contribution in [2.75, 3.05) is 27.2 Å². The van der Waals surface area contributed by atoms with Crippen molar-refractivity contribution in [2.45, 2.75) is 39.4 Å². The second kappa shape index (κ2) is 10.9. The van der Waals surface area contributed by atoms with Gasteiger partial charge in [0.1, 0.15) is 17.7 Å². The summed E-state index contributed by atoms with van der Waals surface area (Å²) in [5, 5.41) is 3.78. The number of rotatable bonds is 10. The Balaban J connectivity index is 2.45. The molecule has 1 aliphatic heterocycles. The van der Waals surface area contributed by atoms with E-state index in [1.807, 2.05) is 24.0 Å². The third-order valence-corrected chi connectivity index (χ3v) is 4.99. The van der Waals surface area contributed by atoms with E-state index in [1.54, 1.807) is 38.1 Å². The molecule has 9 heteroatoms. The van der Waals surface area contributed by atoms with E-state index in [0.717, 1.165) is 12.0 Å². The summed E-state index contributed by atoms with van der Waals surface area (Å²) in [6, 6.07) is 7.27. The van der Waals surface area contributed by atoms with Gasteiger partial charge in [0, 0.05) is 32.2 Å². The number of amides is 2. The summed E-state index contributed by atoms with van der Waals surface area (Å²) in [6.07, 6.45) is 0.908. The van der Waals surface area contributed by atoms with Gasteiger partial charge in [-0.1, -0.05) is 30.7 Å². The van der Waals surface area contributed by atoms with Gasteiger partial charge in [-0.2, -0.15) is 0 Å². The Hall–Kier alpha value is -2.74. The minimum atomic E-state index is -0.536. The predicted octanol–water partition coefficient (Wildman–Crippen LogP) is 2.15. The molecule has 0 fully saturated rings. The number of carbonyl (C=O) groups excluding carboxylic acids is 3. The highest BCUT2D eigenvalue weighted by atomic mass is 35.5. The molecule has 0 aliphatic carbocycles. The molecule has 1 aromatic rings. The fraction of sp³-hybridized carbons (Fsp3) is 0.476. The van der Waals surface area contributed by atoms with Crippen LogP contribution in [0.25, 0.3) is 0 Å². The van der Waals surface area contributed by atoms with Crippen molar-refractivity contribution in [1.82, 2.24) is 20.0 Å².